The molecule has 5 rings (SSSR count). The SMILES string of the molecule is Cc1ccc(C)c(-n2nc(-c3c(C)nc4scc(CC(=O)NC(C)CCc5ccccc5)n4c3=O)cc2C)c1. The zero-order chi connectivity index (χ0) is 27.7. The lowest BCUT2D eigenvalue weighted by atomic mass is 10.1. The van der Waals surface area contributed by atoms with E-state index in [2.05, 4.69) is 49.5 Å². The van der Waals surface area contributed by atoms with Gasteiger partial charge >= 0.3 is 0 Å². The normalized spacial score (nSPS) is 12.1. The van der Waals surface area contributed by atoms with Crippen LogP contribution in [0.4, 0.5) is 0 Å². The van der Waals surface area contributed by atoms with Gasteiger partial charge in [-0.15, -0.1) is 11.3 Å². The van der Waals surface area contributed by atoms with Crippen LogP contribution in [0.2, 0.25) is 0 Å². The Morgan fingerprint density at radius 1 is 1.05 bits per heavy atom. The number of aryl methyl sites for hydroxylation is 5. The second-order valence-electron chi connectivity index (χ2n) is 10.3. The molecule has 1 atom stereocenters. The molecule has 3 aromatic heterocycles. The molecule has 0 aliphatic heterocycles. The Morgan fingerprint density at radius 2 is 1.82 bits per heavy atom. The van der Waals surface area contributed by atoms with Crippen LogP contribution >= 0.6 is 11.3 Å². The maximum Gasteiger partial charge on any atom is 0.268 e. The number of fused-ring (bicyclic) bond motifs is 1. The van der Waals surface area contributed by atoms with E-state index in [1.54, 1.807) is 4.40 Å². The lowest BCUT2D eigenvalue weighted by Crippen LogP contribution is -2.34. The van der Waals surface area contributed by atoms with Gasteiger partial charge in [-0.25, -0.2) is 9.67 Å². The van der Waals surface area contributed by atoms with Crippen LogP contribution in [0, 0.1) is 27.7 Å². The van der Waals surface area contributed by atoms with Crippen molar-refractivity contribution < 1.29 is 4.79 Å². The molecular formula is C31H33N5O2S. The number of aromatic nitrogens is 4. The van der Waals surface area contributed by atoms with Gasteiger partial charge in [0, 0.05) is 22.8 Å². The number of benzene rings is 2. The molecule has 1 N–H and O–H groups in total. The molecule has 5 aromatic rings. The van der Waals surface area contributed by atoms with Crippen LogP contribution in [0.5, 0.6) is 0 Å². The molecule has 0 bridgehead atoms. The first-order valence-corrected chi connectivity index (χ1v) is 14.1. The number of nitrogens with zero attached hydrogens (tertiary/aromatic N) is 4. The van der Waals surface area contributed by atoms with Gasteiger partial charge in [-0.05, 0) is 76.3 Å². The van der Waals surface area contributed by atoms with Crippen LogP contribution in [-0.2, 0) is 17.6 Å². The minimum absolute atomic E-state index is 0.0206. The minimum atomic E-state index is -0.204. The number of rotatable bonds is 8. The van der Waals surface area contributed by atoms with E-state index < -0.39 is 0 Å². The fourth-order valence-corrected chi connectivity index (χ4v) is 5.83. The maximum absolute atomic E-state index is 13.8. The molecule has 2 aromatic carbocycles. The predicted molar refractivity (Wildman–Crippen MR) is 157 cm³/mol. The Bertz CT molecular complexity index is 1710. The molecule has 0 saturated heterocycles. The molecule has 0 saturated carbocycles. The summed E-state index contributed by atoms with van der Waals surface area (Å²) in [6.45, 7) is 9.93. The van der Waals surface area contributed by atoms with Crippen LogP contribution in [0.1, 0.15) is 47.1 Å². The van der Waals surface area contributed by atoms with Crippen LogP contribution in [0.3, 0.4) is 0 Å². The van der Waals surface area contributed by atoms with Crippen molar-refractivity contribution >= 4 is 22.2 Å². The highest BCUT2D eigenvalue weighted by Crippen LogP contribution is 2.25. The van der Waals surface area contributed by atoms with E-state index >= 15 is 0 Å². The lowest BCUT2D eigenvalue weighted by molar-refractivity contribution is -0.121. The largest absolute Gasteiger partial charge is 0.353 e. The van der Waals surface area contributed by atoms with Gasteiger partial charge in [0.25, 0.3) is 5.56 Å². The highest BCUT2D eigenvalue weighted by molar-refractivity contribution is 7.15. The summed E-state index contributed by atoms with van der Waals surface area (Å²) in [6, 6.07) is 18.4. The first-order chi connectivity index (χ1) is 18.7. The number of carbonyl (C=O) groups is 1. The van der Waals surface area contributed by atoms with Crippen molar-refractivity contribution in [3.8, 4) is 16.9 Å². The quantitative estimate of drug-likeness (QED) is 0.281. The Morgan fingerprint density at radius 3 is 2.59 bits per heavy atom. The third kappa shape index (κ3) is 5.56. The fourth-order valence-electron chi connectivity index (χ4n) is 4.90. The first kappa shape index (κ1) is 26.6. The predicted octanol–water partition coefficient (Wildman–Crippen LogP) is 5.52. The summed E-state index contributed by atoms with van der Waals surface area (Å²) in [5.41, 5.74) is 7.49. The molecule has 0 spiro atoms. The van der Waals surface area contributed by atoms with Gasteiger partial charge in [-0.3, -0.25) is 14.0 Å². The standard InChI is InChI=1S/C31H33N5O2S/c1-19-11-12-20(2)27(15-19)36-22(4)16-26(34-36)29-23(5)33-31-35(30(29)38)25(18-39-31)17-28(37)32-21(3)13-14-24-9-7-6-8-10-24/h6-12,15-16,18,21H,13-14,17H2,1-5H3,(H,32,37). The summed E-state index contributed by atoms with van der Waals surface area (Å²) in [6.07, 6.45) is 1.84. The molecule has 1 unspecified atom stereocenters. The van der Waals surface area contributed by atoms with Crippen LogP contribution in [0.15, 0.2) is 64.8 Å². The highest BCUT2D eigenvalue weighted by atomic mass is 32.1. The van der Waals surface area contributed by atoms with Crippen molar-refractivity contribution in [3.05, 3.63) is 104 Å². The van der Waals surface area contributed by atoms with Crippen LogP contribution < -0.4 is 10.9 Å². The van der Waals surface area contributed by atoms with Gasteiger partial charge in [-0.2, -0.15) is 5.10 Å². The molecule has 39 heavy (non-hydrogen) atoms. The van der Waals surface area contributed by atoms with E-state index in [9.17, 15) is 9.59 Å². The summed E-state index contributed by atoms with van der Waals surface area (Å²) >= 11 is 1.37. The second-order valence-corrected chi connectivity index (χ2v) is 11.1. The van der Waals surface area contributed by atoms with E-state index in [1.807, 2.05) is 55.1 Å². The third-order valence-electron chi connectivity index (χ3n) is 7.02. The number of amides is 1. The van der Waals surface area contributed by atoms with Crippen molar-refractivity contribution in [3.63, 3.8) is 0 Å². The number of nitrogens with one attached hydrogen (secondary N) is 1. The Labute approximate surface area is 232 Å². The maximum atomic E-state index is 13.8. The van der Waals surface area contributed by atoms with E-state index in [0.717, 1.165) is 35.3 Å². The van der Waals surface area contributed by atoms with Crippen molar-refractivity contribution in [2.45, 2.75) is 59.9 Å². The van der Waals surface area contributed by atoms with E-state index in [0.29, 0.717) is 27.6 Å². The summed E-state index contributed by atoms with van der Waals surface area (Å²) in [4.78, 5) is 32.0. The first-order valence-electron chi connectivity index (χ1n) is 13.2. The monoisotopic (exact) mass is 539 g/mol. The lowest BCUT2D eigenvalue weighted by Gasteiger charge is -2.14. The van der Waals surface area contributed by atoms with E-state index in [1.165, 1.54) is 16.9 Å². The smallest absolute Gasteiger partial charge is 0.268 e. The highest BCUT2D eigenvalue weighted by Gasteiger charge is 2.21. The molecule has 0 aliphatic rings. The molecule has 7 nitrogen and oxygen atoms in total. The van der Waals surface area contributed by atoms with Gasteiger partial charge in [0.15, 0.2) is 4.96 Å². The van der Waals surface area contributed by atoms with Crippen molar-refractivity contribution in [2.24, 2.45) is 0 Å². The summed E-state index contributed by atoms with van der Waals surface area (Å²) in [5.74, 6) is -0.112. The van der Waals surface area contributed by atoms with Crippen molar-refractivity contribution in [1.29, 1.82) is 0 Å². The molecule has 3 heterocycles. The molecular weight excluding hydrogens is 506 g/mol. The topological polar surface area (TPSA) is 81.3 Å². The third-order valence-corrected chi connectivity index (χ3v) is 7.89. The zero-order valence-electron chi connectivity index (χ0n) is 23.0. The number of thiazole rings is 1. The average molecular weight is 540 g/mol. The average Bonchev–Trinajstić information content (AvgIpc) is 3.47. The summed E-state index contributed by atoms with van der Waals surface area (Å²) in [7, 11) is 0. The van der Waals surface area contributed by atoms with Gasteiger partial charge in [0.2, 0.25) is 5.91 Å². The fraction of sp³-hybridized carbons (Fsp3) is 0.290. The zero-order valence-corrected chi connectivity index (χ0v) is 23.8. The van der Waals surface area contributed by atoms with Crippen molar-refractivity contribution in [2.75, 3.05) is 0 Å². The number of hydrogen-bond donors (Lipinski definition) is 1. The van der Waals surface area contributed by atoms with E-state index in [-0.39, 0.29) is 23.9 Å². The molecule has 0 radical (unpaired) electrons. The van der Waals surface area contributed by atoms with Crippen LogP contribution in [-0.4, -0.2) is 31.1 Å². The Kier molecular flexibility index (Phi) is 7.48. The summed E-state index contributed by atoms with van der Waals surface area (Å²) < 4.78 is 3.44. The Hall–Kier alpha value is -4.04. The Balaban J connectivity index is 1.40. The molecule has 1 amide bonds. The van der Waals surface area contributed by atoms with Gasteiger partial charge < -0.3 is 5.32 Å². The van der Waals surface area contributed by atoms with Gasteiger partial charge in [0.1, 0.15) is 5.69 Å². The second kappa shape index (κ2) is 11.0. The molecule has 0 fully saturated rings. The molecule has 200 valence electrons. The summed E-state index contributed by atoms with van der Waals surface area (Å²) in [5, 5.41) is 9.76. The molecule has 0 aliphatic carbocycles. The van der Waals surface area contributed by atoms with Gasteiger partial charge in [0.05, 0.1) is 23.4 Å². The van der Waals surface area contributed by atoms with E-state index in [4.69, 9.17) is 10.1 Å². The number of carbonyl (C=O) groups excluding carboxylic acids is 1. The number of hydrogen-bond acceptors (Lipinski definition) is 5. The minimum Gasteiger partial charge on any atom is -0.353 e. The van der Waals surface area contributed by atoms with Crippen molar-refractivity contribution in [1.82, 2.24) is 24.5 Å². The molecule has 8 heteroatoms. The van der Waals surface area contributed by atoms with Gasteiger partial charge in [-0.1, -0.05) is 42.5 Å². The van der Waals surface area contributed by atoms with Crippen LogP contribution in [0.25, 0.3) is 21.9 Å².